The Kier molecular flexibility index (Phi) is 3.25. The molecule has 0 unspecified atom stereocenters. The molecule has 0 radical (unpaired) electrons. The fraction of sp³-hybridized carbons (Fsp3) is 0.0435. The van der Waals surface area contributed by atoms with Gasteiger partial charge >= 0.3 is 0 Å². The molecule has 120 valence electrons. The number of hydrogen-bond acceptors (Lipinski definition) is 1. The minimum absolute atomic E-state index is 0.935. The van der Waals surface area contributed by atoms with Crippen LogP contribution in [-0.2, 0) is 6.42 Å². The molecule has 1 aliphatic rings. The van der Waals surface area contributed by atoms with E-state index in [1.165, 1.54) is 37.2 Å². The van der Waals surface area contributed by atoms with Crippen LogP contribution in [0.1, 0.15) is 11.1 Å². The highest BCUT2D eigenvalue weighted by Gasteiger charge is 2.20. The van der Waals surface area contributed by atoms with Crippen molar-refractivity contribution in [3.05, 3.63) is 90.5 Å². The van der Waals surface area contributed by atoms with E-state index in [-0.39, 0.29) is 0 Å². The van der Waals surface area contributed by atoms with Gasteiger partial charge in [0, 0.05) is 21.2 Å². The lowest BCUT2D eigenvalue weighted by atomic mass is 9.98. The summed E-state index contributed by atoms with van der Waals surface area (Å²) in [5, 5.41) is 2.59. The van der Waals surface area contributed by atoms with Crippen molar-refractivity contribution in [2.45, 2.75) is 6.42 Å². The van der Waals surface area contributed by atoms with E-state index in [1.807, 2.05) is 11.3 Å². The van der Waals surface area contributed by atoms with Crippen molar-refractivity contribution in [1.82, 2.24) is 4.98 Å². The van der Waals surface area contributed by atoms with Crippen LogP contribution in [0, 0.1) is 0 Å². The summed E-state index contributed by atoms with van der Waals surface area (Å²) in [6.07, 6.45) is 9.49. The van der Waals surface area contributed by atoms with Crippen molar-refractivity contribution in [3.8, 4) is 10.6 Å². The molecule has 1 aliphatic carbocycles. The number of benzene rings is 2. The molecule has 2 heterocycles. The number of aromatic nitrogens is 1. The minimum atomic E-state index is 0.935. The summed E-state index contributed by atoms with van der Waals surface area (Å²) < 4.78 is 1.34. The molecular weight excluding hydrogens is 322 g/mol. The third-order valence-corrected chi connectivity index (χ3v) is 6.05. The van der Waals surface area contributed by atoms with Crippen LogP contribution in [0.2, 0.25) is 0 Å². The Labute approximate surface area is 150 Å². The Morgan fingerprint density at radius 3 is 2.64 bits per heavy atom. The predicted molar refractivity (Wildman–Crippen MR) is 110 cm³/mol. The molecule has 0 aliphatic heterocycles. The Hall–Kier alpha value is -2.84. The van der Waals surface area contributed by atoms with E-state index in [1.54, 1.807) is 0 Å². The van der Waals surface area contributed by atoms with E-state index >= 15 is 0 Å². The summed E-state index contributed by atoms with van der Waals surface area (Å²) >= 11 is 1.87. The third-order valence-electron chi connectivity index (χ3n) is 4.82. The number of aromatic amines is 1. The van der Waals surface area contributed by atoms with E-state index in [0.717, 1.165) is 17.5 Å². The number of rotatable bonds is 0. The van der Waals surface area contributed by atoms with Gasteiger partial charge in [0.05, 0.1) is 10.6 Å². The Morgan fingerprint density at radius 1 is 0.920 bits per heavy atom. The van der Waals surface area contributed by atoms with Gasteiger partial charge in [0.2, 0.25) is 0 Å². The van der Waals surface area contributed by atoms with Crippen LogP contribution in [0.25, 0.3) is 37.1 Å². The molecular formula is C23H17NS. The molecule has 1 nitrogen and oxygen atoms in total. The molecule has 2 aromatic carbocycles. The number of hydrogen-bond donors (Lipinski definition) is 1. The number of thiophene rings is 1. The number of allylic oxidation sites excluding steroid dienone is 5. The van der Waals surface area contributed by atoms with Gasteiger partial charge < -0.3 is 4.98 Å². The fourth-order valence-electron chi connectivity index (χ4n) is 3.67. The molecule has 0 atom stereocenters. The molecule has 0 spiro atoms. The van der Waals surface area contributed by atoms with E-state index in [4.69, 9.17) is 0 Å². The molecule has 0 saturated carbocycles. The Balaban J connectivity index is 1.93. The van der Waals surface area contributed by atoms with Crippen molar-refractivity contribution in [2.24, 2.45) is 0 Å². The lowest BCUT2D eigenvalue weighted by molar-refractivity contribution is 1.31. The maximum Gasteiger partial charge on any atom is 0.0649 e. The first-order chi connectivity index (χ1) is 12.3. The Bertz CT molecular complexity index is 1180. The van der Waals surface area contributed by atoms with Crippen molar-refractivity contribution in [1.29, 1.82) is 0 Å². The molecule has 2 aromatic heterocycles. The zero-order chi connectivity index (χ0) is 16.8. The van der Waals surface area contributed by atoms with Crippen LogP contribution in [-0.4, -0.2) is 4.98 Å². The first-order valence-electron chi connectivity index (χ1n) is 8.47. The highest BCUT2D eigenvalue weighted by Crippen LogP contribution is 2.44. The summed E-state index contributed by atoms with van der Waals surface area (Å²) in [5.74, 6) is 0. The van der Waals surface area contributed by atoms with Gasteiger partial charge in [-0.25, -0.2) is 0 Å². The largest absolute Gasteiger partial charge is 0.353 e. The number of nitrogens with one attached hydrogen (secondary N) is 1. The van der Waals surface area contributed by atoms with Crippen LogP contribution in [0.3, 0.4) is 0 Å². The molecule has 0 bridgehead atoms. The monoisotopic (exact) mass is 339 g/mol. The van der Waals surface area contributed by atoms with Gasteiger partial charge in [-0.1, -0.05) is 67.3 Å². The van der Waals surface area contributed by atoms with Gasteiger partial charge in [0.15, 0.2) is 0 Å². The van der Waals surface area contributed by atoms with Gasteiger partial charge in [-0.05, 0) is 35.1 Å². The molecule has 0 amide bonds. The standard InChI is InChI=1S/C23H17NS/c1-15-9-3-2-4-11-17-16-10-6-8-14-20(16)25-23(17)22-21(15)18-12-5-7-13-19(18)24-22/h2-10,12-14,24H,1,11H2/b4-2-,9-3-. The van der Waals surface area contributed by atoms with Crippen molar-refractivity contribution < 1.29 is 0 Å². The smallest absolute Gasteiger partial charge is 0.0649 e. The maximum atomic E-state index is 4.34. The van der Waals surface area contributed by atoms with Gasteiger partial charge in [-0.3, -0.25) is 0 Å². The SMILES string of the molecule is C=C1/C=C\C=C/Cc2c(sc3ccccc23)-c2[nH]c3ccccc3c21. The normalized spacial score (nSPS) is 16.6. The average Bonchev–Trinajstić information content (AvgIpc) is 3.19. The zero-order valence-electron chi connectivity index (χ0n) is 13.8. The predicted octanol–water partition coefficient (Wildman–Crippen LogP) is 6.73. The number of para-hydroxylation sites is 1. The van der Waals surface area contributed by atoms with Crippen LogP contribution < -0.4 is 0 Å². The average molecular weight is 339 g/mol. The Morgan fingerprint density at radius 2 is 1.72 bits per heavy atom. The first kappa shape index (κ1) is 14.5. The second-order valence-corrected chi connectivity index (χ2v) is 7.40. The lowest BCUT2D eigenvalue weighted by Crippen LogP contribution is -1.89. The van der Waals surface area contributed by atoms with E-state index in [2.05, 4.69) is 84.4 Å². The van der Waals surface area contributed by atoms with Gasteiger partial charge in [-0.15, -0.1) is 11.3 Å². The maximum absolute atomic E-state index is 4.34. The number of H-pyrrole nitrogens is 1. The van der Waals surface area contributed by atoms with Crippen molar-refractivity contribution in [3.63, 3.8) is 0 Å². The molecule has 1 N–H and O–H groups in total. The molecule has 0 saturated heterocycles. The highest BCUT2D eigenvalue weighted by atomic mass is 32.1. The fourth-order valence-corrected chi connectivity index (χ4v) is 4.91. The van der Waals surface area contributed by atoms with Gasteiger partial charge in [0.1, 0.15) is 0 Å². The highest BCUT2D eigenvalue weighted by molar-refractivity contribution is 7.22. The van der Waals surface area contributed by atoms with Crippen LogP contribution >= 0.6 is 11.3 Å². The van der Waals surface area contributed by atoms with Crippen molar-refractivity contribution >= 4 is 37.9 Å². The van der Waals surface area contributed by atoms with E-state index < -0.39 is 0 Å². The topological polar surface area (TPSA) is 15.8 Å². The zero-order valence-corrected chi connectivity index (χ0v) is 14.6. The third kappa shape index (κ3) is 2.22. The van der Waals surface area contributed by atoms with E-state index in [9.17, 15) is 0 Å². The quantitative estimate of drug-likeness (QED) is 0.365. The lowest BCUT2D eigenvalue weighted by Gasteiger charge is -2.07. The molecule has 0 fully saturated rings. The van der Waals surface area contributed by atoms with Crippen LogP contribution in [0.15, 0.2) is 79.4 Å². The van der Waals surface area contributed by atoms with Gasteiger partial charge in [0.25, 0.3) is 0 Å². The molecule has 25 heavy (non-hydrogen) atoms. The van der Waals surface area contributed by atoms with E-state index in [0.29, 0.717) is 0 Å². The summed E-state index contributed by atoms with van der Waals surface area (Å²) in [6.45, 7) is 4.34. The summed E-state index contributed by atoms with van der Waals surface area (Å²) in [4.78, 5) is 5.00. The number of fused-ring (bicyclic) bond motifs is 7. The molecule has 5 rings (SSSR count). The minimum Gasteiger partial charge on any atom is -0.353 e. The first-order valence-corrected chi connectivity index (χ1v) is 9.28. The molecule has 4 aromatic rings. The molecule has 2 heteroatoms. The van der Waals surface area contributed by atoms with Crippen molar-refractivity contribution in [2.75, 3.05) is 0 Å². The van der Waals surface area contributed by atoms with Gasteiger partial charge in [-0.2, -0.15) is 0 Å². The van der Waals surface area contributed by atoms with Crippen LogP contribution in [0.4, 0.5) is 0 Å². The second kappa shape index (κ2) is 5.61. The summed E-state index contributed by atoms with van der Waals surface area (Å²) in [5.41, 5.74) is 6.02. The summed E-state index contributed by atoms with van der Waals surface area (Å²) in [7, 11) is 0. The van der Waals surface area contributed by atoms with Crippen LogP contribution in [0.5, 0.6) is 0 Å². The summed E-state index contributed by atoms with van der Waals surface area (Å²) in [6, 6.07) is 17.2. The second-order valence-electron chi connectivity index (χ2n) is 6.34.